The molecule has 0 saturated carbocycles. The molecule has 1 amide bonds. The molecule has 2 rings (SSSR count). The van der Waals surface area contributed by atoms with E-state index < -0.39 is 6.10 Å². The Hall–Kier alpha value is -2.04. The molecular weight excluding hydrogens is 336 g/mol. The number of nitrogens with one attached hydrogen (secondary N) is 2. The molecule has 136 valence electrons. The monoisotopic (exact) mass is 362 g/mol. The summed E-state index contributed by atoms with van der Waals surface area (Å²) >= 11 is 0. The molecule has 1 atom stereocenters. The smallest absolute Gasteiger partial charge is 0.265 e. The van der Waals surface area contributed by atoms with Gasteiger partial charge in [-0.05, 0) is 30.7 Å². The fourth-order valence-electron chi connectivity index (χ4n) is 2.39. The predicted octanol–water partition coefficient (Wildman–Crippen LogP) is 3.69. The molecule has 4 nitrogen and oxygen atoms in total. The van der Waals surface area contributed by atoms with Crippen LogP contribution in [0.25, 0.3) is 0 Å². The minimum absolute atomic E-state index is 0. The number of carbonyl (C=O) groups excluding carboxylic acids is 1. The van der Waals surface area contributed by atoms with Crippen LogP contribution in [-0.4, -0.2) is 26.0 Å². The molecule has 2 aromatic rings. The molecule has 0 aromatic heterocycles. The fraction of sp³-hybridized carbons (Fsp3) is 0.350. The summed E-state index contributed by atoms with van der Waals surface area (Å²) in [5.41, 5.74) is 2.03. The van der Waals surface area contributed by atoms with Crippen LogP contribution in [-0.2, 0) is 4.79 Å². The van der Waals surface area contributed by atoms with E-state index in [-0.39, 0.29) is 18.3 Å². The van der Waals surface area contributed by atoms with Crippen molar-refractivity contribution in [3.8, 4) is 5.75 Å². The molecule has 0 aliphatic carbocycles. The topological polar surface area (TPSA) is 50.4 Å². The average molecular weight is 363 g/mol. The lowest BCUT2D eigenvalue weighted by molar-refractivity contribution is -0.128. The molecule has 2 N–H and O–H groups in total. The molecule has 0 heterocycles. The first kappa shape index (κ1) is 21.0. The highest BCUT2D eigenvalue weighted by Crippen LogP contribution is 2.25. The number of likely N-dealkylation sites (N-methyl/N-ethyl adjacent to an activating group) is 1. The zero-order chi connectivity index (χ0) is 17.4. The Morgan fingerprint density at radius 2 is 1.68 bits per heavy atom. The molecule has 0 bridgehead atoms. The Labute approximate surface area is 156 Å². The Bertz CT molecular complexity index is 647. The van der Waals surface area contributed by atoms with Crippen molar-refractivity contribution < 1.29 is 9.53 Å². The molecule has 1 unspecified atom stereocenters. The second-order valence-corrected chi connectivity index (χ2v) is 6.03. The summed E-state index contributed by atoms with van der Waals surface area (Å²) < 4.78 is 6.05. The van der Waals surface area contributed by atoms with Crippen molar-refractivity contribution in [2.24, 2.45) is 0 Å². The van der Waals surface area contributed by atoms with Crippen molar-refractivity contribution in [1.29, 1.82) is 0 Å². The van der Waals surface area contributed by atoms with Gasteiger partial charge in [-0.3, -0.25) is 4.79 Å². The Morgan fingerprint density at radius 3 is 2.32 bits per heavy atom. The van der Waals surface area contributed by atoms with E-state index in [2.05, 4.69) is 30.5 Å². The van der Waals surface area contributed by atoms with Crippen LogP contribution in [0.15, 0.2) is 54.6 Å². The van der Waals surface area contributed by atoms with Gasteiger partial charge in [0.1, 0.15) is 5.75 Å². The maximum Gasteiger partial charge on any atom is 0.265 e. The number of rotatable bonds is 8. The van der Waals surface area contributed by atoms with Gasteiger partial charge in [0.05, 0.1) is 0 Å². The van der Waals surface area contributed by atoms with Crippen LogP contribution in [0.5, 0.6) is 5.75 Å². The van der Waals surface area contributed by atoms with E-state index in [1.807, 2.05) is 55.6 Å². The third-order valence-corrected chi connectivity index (χ3v) is 3.79. The van der Waals surface area contributed by atoms with E-state index in [1.165, 1.54) is 5.56 Å². The van der Waals surface area contributed by atoms with Crippen LogP contribution in [0.2, 0.25) is 0 Å². The van der Waals surface area contributed by atoms with Crippen molar-refractivity contribution in [2.45, 2.75) is 25.9 Å². The maximum atomic E-state index is 12.6. The van der Waals surface area contributed by atoms with E-state index in [1.54, 1.807) is 0 Å². The summed E-state index contributed by atoms with van der Waals surface area (Å²) in [5.74, 6) is 0.985. The second-order valence-electron chi connectivity index (χ2n) is 6.03. The van der Waals surface area contributed by atoms with Crippen LogP contribution in [0, 0.1) is 0 Å². The van der Waals surface area contributed by atoms with E-state index >= 15 is 0 Å². The summed E-state index contributed by atoms with van der Waals surface area (Å²) in [6, 6.07) is 17.5. The van der Waals surface area contributed by atoms with Gasteiger partial charge in [0.25, 0.3) is 5.91 Å². The van der Waals surface area contributed by atoms with E-state index in [4.69, 9.17) is 4.74 Å². The van der Waals surface area contributed by atoms with E-state index in [0.29, 0.717) is 18.2 Å². The maximum absolute atomic E-state index is 12.6. The number of hydrogen-bond donors (Lipinski definition) is 2. The van der Waals surface area contributed by atoms with Gasteiger partial charge < -0.3 is 15.4 Å². The summed E-state index contributed by atoms with van der Waals surface area (Å²) in [4.78, 5) is 12.6. The van der Waals surface area contributed by atoms with E-state index in [0.717, 1.165) is 12.1 Å². The highest BCUT2D eigenvalue weighted by molar-refractivity contribution is 5.85. The lowest BCUT2D eigenvalue weighted by Crippen LogP contribution is -2.36. The first-order valence-electron chi connectivity index (χ1n) is 8.35. The fourth-order valence-corrected chi connectivity index (χ4v) is 2.39. The van der Waals surface area contributed by atoms with Crippen molar-refractivity contribution >= 4 is 18.3 Å². The van der Waals surface area contributed by atoms with Crippen LogP contribution >= 0.6 is 12.4 Å². The van der Waals surface area contributed by atoms with Crippen molar-refractivity contribution in [3.05, 3.63) is 65.7 Å². The number of carbonyl (C=O) groups is 1. The molecule has 0 aliphatic heterocycles. The molecule has 25 heavy (non-hydrogen) atoms. The minimum atomic E-state index is -0.662. The SMILES string of the molecule is CNCCNC(=O)C(Oc1cccc(C(C)C)c1)c1ccccc1.Cl. The standard InChI is InChI=1S/C20H26N2O2.ClH/c1-15(2)17-10-7-11-18(14-17)24-19(16-8-5-4-6-9-16)20(23)22-13-12-21-3;/h4-11,14-15,19,21H,12-13H2,1-3H3,(H,22,23);1H. The summed E-state index contributed by atoms with van der Waals surface area (Å²) in [5, 5.41) is 5.93. The van der Waals surface area contributed by atoms with Gasteiger partial charge in [-0.15, -0.1) is 12.4 Å². The molecule has 5 heteroatoms. The number of halogens is 1. The van der Waals surface area contributed by atoms with Gasteiger partial charge in [0.15, 0.2) is 0 Å². The first-order valence-corrected chi connectivity index (χ1v) is 8.35. The molecule has 0 radical (unpaired) electrons. The van der Waals surface area contributed by atoms with E-state index in [9.17, 15) is 4.79 Å². The van der Waals surface area contributed by atoms with Crippen LogP contribution in [0.1, 0.15) is 37.0 Å². The van der Waals surface area contributed by atoms with Crippen LogP contribution < -0.4 is 15.4 Å². The van der Waals surface area contributed by atoms with Crippen molar-refractivity contribution in [3.63, 3.8) is 0 Å². The molecule has 0 fully saturated rings. The van der Waals surface area contributed by atoms with Gasteiger partial charge >= 0.3 is 0 Å². The quantitative estimate of drug-likeness (QED) is 0.704. The Morgan fingerprint density at radius 1 is 1.00 bits per heavy atom. The number of benzene rings is 2. The second kappa shape index (κ2) is 10.7. The predicted molar refractivity (Wildman–Crippen MR) is 105 cm³/mol. The zero-order valence-electron chi connectivity index (χ0n) is 15.0. The van der Waals surface area contributed by atoms with Crippen LogP contribution in [0.4, 0.5) is 0 Å². The van der Waals surface area contributed by atoms with Crippen molar-refractivity contribution in [2.75, 3.05) is 20.1 Å². The number of ether oxygens (including phenoxy) is 1. The summed E-state index contributed by atoms with van der Waals surface area (Å²) in [7, 11) is 1.86. The average Bonchev–Trinajstić information content (AvgIpc) is 2.60. The third-order valence-electron chi connectivity index (χ3n) is 3.79. The van der Waals surface area contributed by atoms with Gasteiger partial charge in [0.2, 0.25) is 6.10 Å². The number of amides is 1. The highest BCUT2D eigenvalue weighted by atomic mass is 35.5. The van der Waals surface area contributed by atoms with Gasteiger partial charge in [0, 0.05) is 18.7 Å². The molecule has 0 saturated heterocycles. The molecule has 0 aliphatic rings. The summed E-state index contributed by atoms with van der Waals surface area (Å²) in [6.07, 6.45) is -0.662. The minimum Gasteiger partial charge on any atom is -0.476 e. The molecule has 2 aromatic carbocycles. The normalized spacial score (nSPS) is 11.5. The molecular formula is C20H27ClN2O2. The van der Waals surface area contributed by atoms with Crippen molar-refractivity contribution in [1.82, 2.24) is 10.6 Å². The lowest BCUT2D eigenvalue weighted by atomic mass is 10.0. The van der Waals surface area contributed by atoms with Crippen LogP contribution in [0.3, 0.4) is 0 Å². The Balaban J connectivity index is 0.00000312. The van der Waals surface area contributed by atoms with Gasteiger partial charge in [-0.2, -0.15) is 0 Å². The Kier molecular flexibility index (Phi) is 9.03. The number of hydrogen-bond acceptors (Lipinski definition) is 3. The third kappa shape index (κ3) is 6.40. The zero-order valence-corrected chi connectivity index (χ0v) is 15.8. The largest absolute Gasteiger partial charge is 0.476 e. The first-order chi connectivity index (χ1) is 11.6. The lowest BCUT2D eigenvalue weighted by Gasteiger charge is -2.20. The van der Waals surface area contributed by atoms with Gasteiger partial charge in [-0.1, -0.05) is 56.3 Å². The highest BCUT2D eigenvalue weighted by Gasteiger charge is 2.22. The summed E-state index contributed by atoms with van der Waals surface area (Å²) in [6.45, 7) is 5.56. The molecule has 0 spiro atoms. The van der Waals surface area contributed by atoms with Gasteiger partial charge in [-0.25, -0.2) is 0 Å².